The fraction of sp³-hybridized carbons (Fsp3) is 0.176. The van der Waals surface area contributed by atoms with E-state index < -0.39 is 5.60 Å². The topological polar surface area (TPSA) is 151 Å². The molecular weight excluding hydrogens is 350 g/mol. The Morgan fingerprint density at radius 3 is 1.59 bits per heavy atom. The van der Waals surface area contributed by atoms with Crippen LogP contribution in [0.2, 0.25) is 0 Å². The van der Waals surface area contributed by atoms with E-state index in [0.29, 0.717) is 22.6 Å². The van der Waals surface area contributed by atoms with E-state index in [1.807, 2.05) is 0 Å². The summed E-state index contributed by atoms with van der Waals surface area (Å²) < 4.78 is 10.5. The normalized spacial score (nSPS) is 11.9. The van der Waals surface area contributed by atoms with Gasteiger partial charge in [-0.2, -0.15) is 0 Å². The maximum atomic E-state index is 8.26. The van der Waals surface area contributed by atoms with Crippen LogP contribution >= 0.6 is 0 Å². The standard InChI is InChI=1S/C17H15N7O3/c1-2-17(27-20,13-3-7-15(8-4-13)25-11-21-23-18)14-5-9-16(10-6-14)26-12-22-24-19/h1,3-10H,11-12,20H2. The smallest absolute Gasteiger partial charge is 0.199 e. The lowest BCUT2D eigenvalue weighted by Crippen LogP contribution is -2.32. The molecule has 0 unspecified atom stereocenters. The molecule has 2 N–H and O–H groups in total. The number of nitrogens with two attached hydrogens (primary N) is 1. The Hall–Kier alpha value is -3.86. The molecule has 27 heavy (non-hydrogen) atoms. The SMILES string of the molecule is C#CC(ON)(c1ccc(OCN=[N+]=[N-])cc1)c1ccc(OCN=[N+]=[N-])cc1. The van der Waals surface area contributed by atoms with Crippen LogP contribution < -0.4 is 15.4 Å². The number of nitrogens with zero attached hydrogens (tertiary/aromatic N) is 6. The third kappa shape index (κ3) is 4.61. The summed E-state index contributed by atoms with van der Waals surface area (Å²) in [7, 11) is 0. The molecule has 136 valence electrons. The first-order valence-electron chi connectivity index (χ1n) is 7.54. The highest BCUT2D eigenvalue weighted by molar-refractivity contribution is 5.47. The Kier molecular flexibility index (Phi) is 6.91. The van der Waals surface area contributed by atoms with E-state index in [4.69, 9.17) is 37.7 Å². The summed E-state index contributed by atoms with van der Waals surface area (Å²) in [4.78, 5) is 10.4. The molecule has 0 heterocycles. The van der Waals surface area contributed by atoms with Gasteiger partial charge in [-0.15, -0.1) is 6.42 Å². The van der Waals surface area contributed by atoms with Crippen molar-refractivity contribution in [3.05, 3.63) is 80.5 Å². The van der Waals surface area contributed by atoms with Crippen LogP contribution in [-0.4, -0.2) is 13.5 Å². The van der Waals surface area contributed by atoms with E-state index in [1.165, 1.54) is 0 Å². The minimum atomic E-state index is -1.33. The van der Waals surface area contributed by atoms with Crippen molar-refractivity contribution >= 4 is 0 Å². The Balaban J connectivity index is 2.27. The molecule has 0 radical (unpaired) electrons. The maximum absolute atomic E-state index is 8.26. The van der Waals surface area contributed by atoms with Crippen LogP contribution in [0.1, 0.15) is 11.1 Å². The molecule has 0 amide bonds. The van der Waals surface area contributed by atoms with Gasteiger partial charge in [0.15, 0.2) is 19.1 Å². The predicted octanol–water partition coefficient (Wildman–Crippen LogP) is 3.75. The van der Waals surface area contributed by atoms with Crippen molar-refractivity contribution < 1.29 is 14.3 Å². The molecule has 10 nitrogen and oxygen atoms in total. The Morgan fingerprint density at radius 2 is 1.30 bits per heavy atom. The van der Waals surface area contributed by atoms with Gasteiger partial charge in [0.1, 0.15) is 11.5 Å². The summed E-state index contributed by atoms with van der Waals surface area (Å²) in [6.45, 7) is -0.248. The third-order valence-corrected chi connectivity index (χ3v) is 3.61. The summed E-state index contributed by atoms with van der Waals surface area (Å²) in [6.07, 6.45) is 5.73. The van der Waals surface area contributed by atoms with Crippen molar-refractivity contribution in [3.8, 4) is 23.8 Å². The average Bonchev–Trinajstić information content (AvgIpc) is 2.72. The molecule has 2 aromatic rings. The molecule has 0 saturated heterocycles. The van der Waals surface area contributed by atoms with E-state index >= 15 is 0 Å². The molecule has 2 aromatic carbocycles. The number of rotatable bonds is 9. The molecule has 0 aliphatic heterocycles. The molecule has 0 aliphatic carbocycles. The zero-order valence-electron chi connectivity index (χ0n) is 14.1. The summed E-state index contributed by atoms with van der Waals surface area (Å²) in [6, 6.07) is 13.4. The molecule has 0 fully saturated rings. The van der Waals surface area contributed by atoms with Gasteiger partial charge < -0.3 is 9.47 Å². The quantitative estimate of drug-likeness (QED) is 0.236. The molecule has 0 aliphatic rings. The van der Waals surface area contributed by atoms with Crippen LogP contribution in [0, 0.1) is 12.3 Å². The fourth-order valence-electron chi connectivity index (χ4n) is 2.33. The zero-order chi connectivity index (χ0) is 19.5. The van der Waals surface area contributed by atoms with Gasteiger partial charge in [0.25, 0.3) is 0 Å². The highest BCUT2D eigenvalue weighted by atomic mass is 16.6. The summed E-state index contributed by atoms with van der Waals surface area (Å²) >= 11 is 0. The first-order valence-corrected chi connectivity index (χ1v) is 7.54. The van der Waals surface area contributed by atoms with Crippen molar-refractivity contribution in [2.45, 2.75) is 5.60 Å². The number of ether oxygens (including phenoxy) is 2. The lowest BCUT2D eigenvalue weighted by molar-refractivity contribution is 0.0257. The number of azide groups is 2. The van der Waals surface area contributed by atoms with Gasteiger partial charge in [-0.3, -0.25) is 4.84 Å². The number of benzene rings is 2. The largest absolute Gasteiger partial charge is 0.488 e. The van der Waals surface area contributed by atoms with Crippen molar-refractivity contribution in [3.63, 3.8) is 0 Å². The average molecular weight is 365 g/mol. The molecule has 10 heteroatoms. The van der Waals surface area contributed by atoms with E-state index in [0.717, 1.165) is 0 Å². The van der Waals surface area contributed by atoms with Crippen molar-refractivity contribution in [1.29, 1.82) is 0 Å². The van der Waals surface area contributed by atoms with Gasteiger partial charge in [-0.05, 0) is 35.3 Å². The van der Waals surface area contributed by atoms with Crippen LogP contribution in [0.3, 0.4) is 0 Å². The lowest BCUT2D eigenvalue weighted by Gasteiger charge is -2.27. The van der Waals surface area contributed by atoms with E-state index in [2.05, 4.69) is 26.0 Å². The second-order valence-electron chi connectivity index (χ2n) is 5.00. The van der Waals surface area contributed by atoms with Gasteiger partial charge in [0.05, 0.1) is 0 Å². The van der Waals surface area contributed by atoms with Gasteiger partial charge in [0, 0.05) is 21.0 Å². The predicted molar refractivity (Wildman–Crippen MR) is 97.1 cm³/mol. The molecular formula is C17H15N7O3. The Bertz CT molecular complexity index is 828. The van der Waals surface area contributed by atoms with E-state index in [-0.39, 0.29) is 13.5 Å². The number of hydrogen-bond donors (Lipinski definition) is 1. The summed E-state index contributed by atoms with van der Waals surface area (Å²) in [5.74, 6) is 9.11. The van der Waals surface area contributed by atoms with Gasteiger partial charge >= 0.3 is 0 Å². The molecule has 0 bridgehead atoms. The Morgan fingerprint density at radius 1 is 0.889 bits per heavy atom. The number of hydrogen-bond acceptors (Lipinski definition) is 6. The van der Waals surface area contributed by atoms with Crippen molar-refractivity contribution in [2.24, 2.45) is 16.1 Å². The van der Waals surface area contributed by atoms with E-state index in [9.17, 15) is 0 Å². The van der Waals surface area contributed by atoms with Gasteiger partial charge in [-0.25, -0.2) is 5.90 Å². The summed E-state index contributed by atoms with van der Waals surface area (Å²) in [5, 5.41) is 6.59. The first-order chi connectivity index (χ1) is 13.2. The second-order valence-corrected chi connectivity index (χ2v) is 5.00. The molecule has 0 spiro atoms. The zero-order valence-corrected chi connectivity index (χ0v) is 14.1. The molecule has 2 rings (SSSR count). The number of terminal acetylenes is 1. The van der Waals surface area contributed by atoms with Crippen LogP contribution in [0.5, 0.6) is 11.5 Å². The third-order valence-electron chi connectivity index (χ3n) is 3.61. The maximum Gasteiger partial charge on any atom is 0.199 e. The van der Waals surface area contributed by atoms with Crippen LogP contribution in [0.25, 0.3) is 20.9 Å². The highest BCUT2D eigenvalue weighted by Gasteiger charge is 2.33. The first kappa shape index (κ1) is 19.5. The molecule has 0 atom stereocenters. The van der Waals surface area contributed by atoms with Crippen LogP contribution in [-0.2, 0) is 10.4 Å². The minimum Gasteiger partial charge on any atom is -0.488 e. The van der Waals surface area contributed by atoms with Gasteiger partial charge in [-0.1, -0.05) is 40.4 Å². The fourth-order valence-corrected chi connectivity index (χ4v) is 2.33. The van der Waals surface area contributed by atoms with Gasteiger partial charge in [0.2, 0.25) is 0 Å². The second kappa shape index (κ2) is 9.58. The monoisotopic (exact) mass is 365 g/mol. The molecule has 0 aromatic heterocycles. The van der Waals surface area contributed by atoms with E-state index in [1.54, 1.807) is 48.5 Å². The van der Waals surface area contributed by atoms with Crippen LogP contribution in [0.4, 0.5) is 0 Å². The molecule has 0 saturated carbocycles. The highest BCUT2D eigenvalue weighted by Crippen LogP contribution is 2.33. The summed E-state index contributed by atoms with van der Waals surface area (Å²) in [5.41, 5.74) is 16.4. The minimum absolute atomic E-state index is 0.124. The Labute approximate surface area is 154 Å². The lowest BCUT2D eigenvalue weighted by atomic mass is 9.87. The van der Waals surface area contributed by atoms with Crippen molar-refractivity contribution in [2.75, 3.05) is 13.5 Å². The van der Waals surface area contributed by atoms with Crippen molar-refractivity contribution in [1.82, 2.24) is 0 Å². The van der Waals surface area contributed by atoms with Crippen LogP contribution in [0.15, 0.2) is 58.8 Å².